The first-order valence-corrected chi connectivity index (χ1v) is 9.40. The number of nitrogens with zero attached hydrogens (tertiary/aromatic N) is 2. The molecule has 0 aromatic carbocycles. The average molecular weight is 317 g/mol. The van der Waals surface area contributed by atoms with Crippen LogP contribution in [-0.4, -0.2) is 22.1 Å². The van der Waals surface area contributed by atoms with Gasteiger partial charge in [0, 0.05) is 24.8 Å². The van der Waals surface area contributed by atoms with Gasteiger partial charge in [-0.1, -0.05) is 18.0 Å². The van der Waals surface area contributed by atoms with Crippen LogP contribution in [0.5, 0.6) is 0 Å². The lowest BCUT2D eigenvalue weighted by Gasteiger charge is -2.29. The van der Waals surface area contributed by atoms with E-state index < -0.39 is 0 Å². The molecule has 1 aromatic heterocycles. The normalized spacial score (nSPS) is 27.8. The predicted molar refractivity (Wildman–Crippen MR) is 85.8 cm³/mol. The minimum Gasteiger partial charge on any atom is -0.353 e. The molecule has 3 aliphatic rings. The molecule has 1 amide bonds. The number of hydrogen-bond donors (Lipinski definition) is 1. The van der Waals surface area contributed by atoms with Gasteiger partial charge in [-0.05, 0) is 56.8 Å². The Kier molecular flexibility index (Phi) is 4.36. The number of nitrogens with one attached hydrogen (secondary N) is 1. The first-order valence-electron chi connectivity index (χ1n) is 9.40. The summed E-state index contributed by atoms with van der Waals surface area (Å²) in [7, 11) is 0. The Morgan fingerprint density at radius 2 is 2.00 bits per heavy atom. The lowest BCUT2D eigenvalue weighted by molar-refractivity contribution is -0.122. The highest BCUT2D eigenvalue weighted by Crippen LogP contribution is 2.43. The van der Waals surface area contributed by atoms with Crippen molar-refractivity contribution in [1.29, 1.82) is 0 Å². The smallest absolute Gasteiger partial charge is 0.226 e. The third-order valence-electron chi connectivity index (χ3n) is 5.59. The van der Waals surface area contributed by atoms with E-state index in [4.69, 9.17) is 4.52 Å². The fourth-order valence-corrected chi connectivity index (χ4v) is 3.93. The van der Waals surface area contributed by atoms with Crippen LogP contribution in [0, 0.1) is 11.8 Å². The highest BCUT2D eigenvalue weighted by molar-refractivity contribution is 5.76. The Hall–Kier alpha value is -1.39. The SMILES string of the molecule is O=C(CCCc1nc(C2CC2)no1)N[C@H]1CCC[C@@H](C2CC2)C1. The van der Waals surface area contributed by atoms with Crippen LogP contribution in [0.4, 0.5) is 0 Å². The van der Waals surface area contributed by atoms with Gasteiger partial charge in [-0.2, -0.15) is 4.98 Å². The maximum Gasteiger partial charge on any atom is 0.226 e. The quantitative estimate of drug-likeness (QED) is 0.837. The van der Waals surface area contributed by atoms with Crippen molar-refractivity contribution >= 4 is 5.91 Å². The minimum atomic E-state index is 0.188. The van der Waals surface area contributed by atoms with Crippen molar-refractivity contribution in [3.63, 3.8) is 0 Å². The summed E-state index contributed by atoms with van der Waals surface area (Å²) in [6.45, 7) is 0. The van der Waals surface area contributed by atoms with Gasteiger partial charge in [-0.25, -0.2) is 0 Å². The molecule has 0 bridgehead atoms. The second-order valence-corrected chi connectivity index (χ2v) is 7.70. The summed E-state index contributed by atoms with van der Waals surface area (Å²) < 4.78 is 5.25. The summed E-state index contributed by atoms with van der Waals surface area (Å²) in [6, 6.07) is 0.409. The molecular formula is C18H27N3O2. The van der Waals surface area contributed by atoms with Crippen molar-refractivity contribution in [2.75, 3.05) is 0 Å². The fraction of sp³-hybridized carbons (Fsp3) is 0.833. The van der Waals surface area contributed by atoms with Gasteiger partial charge >= 0.3 is 0 Å². The molecule has 0 spiro atoms. The molecule has 0 radical (unpaired) electrons. The van der Waals surface area contributed by atoms with E-state index in [9.17, 15) is 4.79 Å². The van der Waals surface area contributed by atoms with Crippen LogP contribution in [0.3, 0.4) is 0 Å². The van der Waals surface area contributed by atoms with Crippen molar-refractivity contribution < 1.29 is 9.32 Å². The van der Waals surface area contributed by atoms with E-state index in [2.05, 4.69) is 15.5 Å². The van der Waals surface area contributed by atoms with Crippen LogP contribution in [0.1, 0.15) is 81.8 Å². The van der Waals surface area contributed by atoms with Crippen molar-refractivity contribution in [3.05, 3.63) is 11.7 Å². The zero-order valence-electron chi connectivity index (χ0n) is 13.8. The Bertz CT molecular complexity index is 548. The van der Waals surface area contributed by atoms with Gasteiger partial charge in [0.1, 0.15) is 0 Å². The third kappa shape index (κ3) is 4.12. The number of amides is 1. The molecule has 1 heterocycles. The van der Waals surface area contributed by atoms with Gasteiger partial charge < -0.3 is 9.84 Å². The minimum absolute atomic E-state index is 0.188. The van der Waals surface area contributed by atoms with Crippen molar-refractivity contribution in [1.82, 2.24) is 15.5 Å². The number of aromatic nitrogens is 2. The highest BCUT2D eigenvalue weighted by atomic mass is 16.5. The van der Waals surface area contributed by atoms with E-state index in [1.165, 1.54) is 44.9 Å². The van der Waals surface area contributed by atoms with Gasteiger partial charge in [-0.15, -0.1) is 0 Å². The van der Waals surface area contributed by atoms with Crippen molar-refractivity contribution in [3.8, 4) is 0 Å². The molecule has 0 saturated heterocycles. The second-order valence-electron chi connectivity index (χ2n) is 7.70. The first-order chi connectivity index (χ1) is 11.3. The summed E-state index contributed by atoms with van der Waals surface area (Å²) in [5.41, 5.74) is 0. The number of aryl methyl sites for hydroxylation is 1. The van der Waals surface area contributed by atoms with Crippen LogP contribution in [0.25, 0.3) is 0 Å². The molecule has 1 aromatic rings. The largest absolute Gasteiger partial charge is 0.353 e. The summed E-state index contributed by atoms with van der Waals surface area (Å²) in [4.78, 5) is 16.6. The third-order valence-corrected chi connectivity index (χ3v) is 5.59. The number of rotatable bonds is 7. The molecule has 3 saturated carbocycles. The van der Waals surface area contributed by atoms with Crippen LogP contribution < -0.4 is 5.32 Å². The summed E-state index contributed by atoms with van der Waals surface area (Å²) in [5.74, 6) is 4.10. The number of carbonyl (C=O) groups is 1. The zero-order chi connectivity index (χ0) is 15.6. The van der Waals surface area contributed by atoms with Crippen LogP contribution in [-0.2, 0) is 11.2 Å². The zero-order valence-corrected chi connectivity index (χ0v) is 13.8. The van der Waals surface area contributed by atoms with Crippen molar-refractivity contribution in [2.24, 2.45) is 11.8 Å². The van der Waals surface area contributed by atoms with E-state index in [0.29, 0.717) is 30.7 Å². The lowest BCUT2D eigenvalue weighted by atomic mass is 9.82. The maximum absolute atomic E-state index is 12.1. The molecule has 0 unspecified atom stereocenters. The molecule has 3 aliphatic carbocycles. The Labute approximate surface area is 137 Å². The van der Waals surface area contributed by atoms with E-state index >= 15 is 0 Å². The molecule has 5 heteroatoms. The average Bonchev–Trinajstić information content (AvgIpc) is 3.46. The van der Waals surface area contributed by atoms with E-state index in [-0.39, 0.29) is 5.91 Å². The molecular weight excluding hydrogens is 290 g/mol. The highest BCUT2D eigenvalue weighted by Gasteiger charge is 2.35. The van der Waals surface area contributed by atoms with Gasteiger partial charge in [0.15, 0.2) is 5.82 Å². The van der Waals surface area contributed by atoms with Crippen LogP contribution in [0.15, 0.2) is 4.52 Å². The monoisotopic (exact) mass is 317 g/mol. The van der Waals surface area contributed by atoms with Gasteiger partial charge in [0.2, 0.25) is 11.8 Å². The number of carbonyl (C=O) groups excluding carboxylic acids is 1. The maximum atomic E-state index is 12.1. The Morgan fingerprint density at radius 1 is 1.13 bits per heavy atom. The van der Waals surface area contributed by atoms with Gasteiger partial charge in [0.05, 0.1) is 0 Å². The topological polar surface area (TPSA) is 68.0 Å². The van der Waals surface area contributed by atoms with Crippen LogP contribution in [0.2, 0.25) is 0 Å². The van der Waals surface area contributed by atoms with E-state index in [1.54, 1.807) is 0 Å². The predicted octanol–water partition coefficient (Wildman–Crippen LogP) is 3.35. The summed E-state index contributed by atoms with van der Waals surface area (Å²) in [5, 5.41) is 7.26. The number of hydrogen-bond acceptors (Lipinski definition) is 4. The summed E-state index contributed by atoms with van der Waals surface area (Å²) >= 11 is 0. The Morgan fingerprint density at radius 3 is 2.78 bits per heavy atom. The van der Waals surface area contributed by atoms with Crippen LogP contribution >= 0.6 is 0 Å². The Balaban J connectivity index is 1.16. The fourth-order valence-electron chi connectivity index (χ4n) is 3.93. The molecule has 2 atom stereocenters. The molecule has 0 aliphatic heterocycles. The molecule has 1 N–H and O–H groups in total. The second kappa shape index (κ2) is 6.62. The molecule has 3 fully saturated rings. The molecule has 23 heavy (non-hydrogen) atoms. The van der Waals surface area contributed by atoms with Gasteiger partial charge in [0.25, 0.3) is 0 Å². The lowest BCUT2D eigenvalue weighted by Crippen LogP contribution is -2.38. The van der Waals surface area contributed by atoms with E-state index in [0.717, 1.165) is 30.5 Å². The van der Waals surface area contributed by atoms with Gasteiger partial charge in [-0.3, -0.25) is 4.79 Å². The van der Waals surface area contributed by atoms with Crippen molar-refractivity contribution in [2.45, 2.75) is 82.6 Å². The molecule has 126 valence electrons. The molecule has 4 rings (SSSR count). The standard InChI is InChI=1S/C18H27N3O2/c22-16(19-15-4-1-3-14(11-15)12-7-8-12)5-2-6-17-20-18(21-23-17)13-9-10-13/h12-15H,1-11H2,(H,19,22)/t14-,15+/m1/s1. The molecule has 5 nitrogen and oxygen atoms in total. The van der Waals surface area contributed by atoms with E-state index in [1.807, 2.05) is 0 Å². The summed E-state index contributed by atoms with van der Waals surface area (Å²) in [6.07, 6.45) is 12.3. The first kappa shape index (κ1) is 15.2.